The molecule has 0 fully saturated rings. The van der Waals surface area contributed by atoms with Crippen molar-refractivity contribution < 1.29 is 8.42 Å². The van der Waals surface area contributed by atoms with E-state index in [0.717, 1.165) is 0 Å². The Bertz CT molecular complexity index is 522. The quantitative estimate of drug-likeness (QED) is 0.565. The monoisotopic (exact) mass is 290 g/mol. The van der Waals surface area contributed by atoms with Crippen LogP contribution in [0.15, 0.2) is 11.2 Å². The number of nitrogens with zero attached hydrogens (tertiary/aromatic N) is 2. The van der Waals surface area contributed by atoms with Gasteiger partial charge in [0.05, 0.1) is 4.99 Å². The normalized spacial score (nSPS) is 11.7. The minimum atomic E-state index is -3.54. The Balaban J connectivity index is 2.65. The van der Waals surface area contributed by atoms with Gasteiger partial charge in [-0.25, -0.2) is 18.1 Å². The van der Waals surface area contributed by atoms with Crippen LogP contribution in [0.25, 0.3) is 0 Å². The first kappa shape index (κ1) is 15.1. The summed E-state index contributed by atoms with van der Waals surface area (Å²) >= 11 is 4.72. The van der Waals surface area contributed by atoms with Crippen molar-refractivity contribution in [3.8, 4) is 0 Å². The lowest BCUT2D eigenvalue weighted by Crippen LogP contribution is -2.26. The number of thiocarbonyl (C=S) groups is 1. The molecule has 0 spiro atoms. The molecule has 0 radical (unpaired) electrons. The van der Waals surface area contributed by atoms with Crippen molar-refractivity contribution in [2.45, 2.75) is 38.3 Å². The van der Waals surface area contributed by atoms with Crippen molar-refractivity contribution in [3.05, 3.63) is 12.0 Å². The molecule has 0 amide bonds. The van der Waals surface area contributed by atoms with Crippen molar-refractivity contribution in [2.24, 2.45) is 5.73 Å². The van der Waals surface area contributed by atoms with Crippen LogP contribution in [0.1, 0.15) is 25.6 Å². The average molecular weight is 290 g/mol. The third-order valence-corrected chi connectivity index (χ3v) is 4.00. The Kier molecular flexibility index (Phi) is 5.24. The molecule has 102 valence electrons. The Morgan fingerprint density at radius 1 is 1.61 bits per heavy atom. The second-order valence-electron chi connectivity index (χ2n) is 3.88. The smallest absolute Gasteiger partial charge is 0.259 e. The summed E-state index contributed by atoms with van der Waals surface area (Å²) in [6, 6.07) is 0. The summed E-state index contributed by atoms with van der Waals surface area (Å²) in [4.78, 5) is 4.42. The fraction of sp³-hybridized carbons (Fsp3) is 0.600. The van der Waals surface area contributed by atoms with Gasteiger partial charge in [-0.1, -0.05) is 12.2 Å². The molecule has 0 unspecified atom stereocenters. The third kappa shape index (κ3) is 4.04. The number of nitrogens with one attached hydrogen (secondary N) is 1. The molecule has 1 heterocycles. The van der Waals surface area contributed by atoms with Gasteiger partial charge in [0.15, 0.2) is 5.03 Å². The van der Waals surface area contributed by atoms with E-state index in [1.54, 1.807) is 11.5 Å². The Morgan fingerprint density at radius 3 is 2.78 bits per heavy atom. The molecule has 18 heavy (non-hydrogen) atoms. The molecule has 3 N–H and O–H groups in total. The van der Waals surface area contributed by atoms with Gasteiger partial charge in [-0.05, 0) is 26.7 Å². The van der Waals surface area contributed by atoms with Gasteiger partial charge in [0, 0.05) is 19.3 Å². The van der Waals surface area contributed by atoms with E-state index in [1.807, 2.05) is 6.92 Å². The lowest BCUT2D eigenvalue weighted by atomic mass is 10.3. The first-order valence-electron chi connectivity index (χ1n) is 5.68. The predicted molar refractivity (Wildman–Crippen MR) is 73.8 cm³/mol. The minimum Gasteiger partial charge on any atom is -0.393 e. The number of hydrogen-bond acceptors (Lipinski definition) is 4. The van der Waals surface area contributed by atoms with E-state index < -0.39 is 10.0 Å². The van der Waals surface area contributed by atoms with Gasteiger partial charge in [0.1, 0.15) is 5.82 Å². The highest BCUT2D eigenvalue weighted by molar-refractivity contribution is 7.89. The zero-order valence-electron chi connectivity index (χ0n) is 10.5. The second-order valence-corrected chi connectivity index (χ2v) is 6.12. The maximum atomic E-state index is 11.9. The highest BCUT2D eigenvalue weighted by Gasteiger charge is 2.18. The van der Waals surface area contributed by atoms with Crippen LogP contribution in [0.3, 0.4) is 0 Å². The first-order chi connectivity index (χ1) is 8.36. The number of sulfonamides is 1. The zero-order valence-corrected chi connectivity index (χ0v) is 12.1. The van der Waals surface area contributed by atoms with Gasteiger partial charge in [-0.2, -0.15) is 0 Å². The summed E-state index contributed by atoms with van der Waals surface area (Å²) in [5.74, 6) is 0.681. The molecular weight excluding hydrogens is 272 g/mol. The van der Waals surface area contributed by atoms with Gasteiger partial charge in [-0.3, -0.25) is 0 Å². The predicted octanol–water partition coefficient (Wildman–Crippen LogP) is 0.556. The van der Waals surface area contributed by atoms with Crippen LogP contribution in [0.2, 0.25) is 0 Å². The van der Waals surface area contributed by atoms with Crippen molar-refractivity contribution >= 4 is 27.2 Å². The van der Waals surface area contributed by atoms with Gasteiger partial charge in [0.25, 0.3) is 10.0 Å². The second kappa shape index (κ2) is 6.26. The van der Waals surface area contributed by atoms with E-state index in [-0.39, 0.29) is 5.03 Å². The molecule has 0 aliphatic rings. The number of nitrogens with two attached hydrogens (primary N) is 1. The number of aryl methyl sites for hydroxylation is 2. The molecule has 6 nitrogen and oxygen atoms in total. The van der Waals surface area contributed by atoms with Crippen molar-refractivity contribution in [3.63, 3.8) is 0 Å². The van der Waals surface area contributed by atoms with E-state index in [9.17, 15) is 8.42 Å². The van der Waals surface area contributed by atoms with E-state index >= 15 is 0 Å². The van der Waals surface area contributed by atoms with Crippen LogP contribution in [0, 0.1) is 6.92 Å². The van der Waals surface area contributed by atoms with Crippen molar-refractivity contribution in [1.82, 2.24) is 14.3 Å². The van der Waals surface area contributed by atoms with Crippen LogP contribution in [0.5, 0.6) is 0 Å². The average Bonchev–Trinajstić information content (AvgIpc) is 2.66. The van der Waals surface area contributed by atoms with Gasteiger partial charge in [0.2, 0.25) is 0 Å². The van der Waals surface area contributed by atoms with Crippen LogP contribution >= 0.6 is 12.2 Å². The summed E-state index contributed by atoms with van der Waals surface area (Å²) in [6.45, 7) is 4.70. The molecule has 1 aromatic heterocycles. The van der Waals surface area contributed by atoms with Crippen molar-refractivity contribution in [2.75, 3.05) is 6.54 Å². The fourth-order valence-corrected chi connectivity index (χ4v) is 2.70. The summed E-state index contributed by atoms with van der Waals surface area (Å²) < 4.78 is 28.1. The van der Waals surface area contributed by atoms with E-state index in [4.69, 9.17) is 18.0 Å². The molecule has 0 atom stereocenters. The standard InChI is InChI=1S/C10H18N4O2S2/c1-3-14-7-10(13-8(14)2)18(15,16)12-6-4-5-9(11)17/h7,12H,3-6H2,1-2H3,(H2,11,17). The van der Waals surface area contributed by atoms with Crippen LogP contribution in [-0.2, 0) is 16.6 Å². The maximum absolute atomic E-state index is 11.9. The molecule has 1 rings (SSSR count). The fourth-order valence-electron chi connectivity index (χ4n) is 1.47. The molecular formula is C10H18N4O2S2. The van der Waals surface area contributed by atoms with Gasteiger partial charge in [-0.15, -0.1) is 0 Å². The largest absolute Gasteiger partial charge is 0.393 e. The Hall–Kier alpha value is -0.990. The lowest BCUT2D eigenvalue weighted by molar-refractivity contribution is 0.576. The molecule has 0 saturated heterocycles. The minimum absolute atomic E-state index is 0.0529. The number of rotatable bonds is 7. The number of aromatic nitrogens is 2. The SMILES string of the molecule is CCn1cc(S(=O)(=O)NCCCC(N)=S)nc1C. The van der Waals surface area contributed by atoms with Crippen LogP contribution in [0.4, 0.5) is 0 Å². The highest BCUT2D eigenvalue weighted by atomic mass is 32.2. The van der Waals surface area contributed by atoms with Crippen LogP contribution in [-0.4, -0.2) is 29.5 Å². The molecule has 8 heteroatoms. The Labute approximate surface area is 113 Å². The number of imidazole rings is 1. The third-order valence-electron chi connectivity index (χ3n) is 2.46. The molecule has 0 saturated carbocycles. The van der Waals surface area contributed by atoms with E-state index in [1.165, 1.54) is 6.20 Å². The summed E-state index contributed by atoms with van der Waals surface area (Å²) in [5.41, 5.74) is 5.33. The van der Waals surface area contributed by atoms with Crippen molar-refractivity contribution in [1.29, 1.82) is 0 Å². The molecule has 0 bridgehead atoms. The van der Waals surface area contributed by atoms with Gasteiger partial charge < -0.3 is 10.3 Å². The molecule has 0 aliphatic carbocycles. The first-order valence-corrected chi connectivity index (χ1v) is 7.57. The van der Waals surface area contributed by atoms with E-state index in [2.05, 4.69) is 9.71 Å². The number of hydrogen-bond donors (Lipinski definition) is 2. The zero-order chi connectivity index (χ0) is 13.8. The molecule has 0 aromatic carbocycles. The lowest BCUT2D eigenvalue weighted by Gasteiger charge is -2.03. The molecule has 0 aliphatic heterocycles. The summed E-state index contributed by atoms with van der Waals surface area (Å²) in [6.07, 6.45) is 2.65. The Morgan fingerprint density at radius 2 is 2.28 bits per heavy atom. The summed E-state index contributed by atoms with van der Waals surface area (Å²) in [7, 11) is -3.54. The topological polar surface area (TPSA) is 90.0 Å². The maximum Gasteiger partial charge on any atom is 0.259 e. The van der Waals surface area contributed by atoms with Gasteiger partial charge >= 0.3 is 0 Å². The highest BCUT2D eigenvalue weighted by Crippen LogP contribution is 2.08. The molecule has 1 aromatic rings. The summed E-state index contributed by atoms with van der Waals surface area (Å²) in [5, 5.41) is 0.0529. The van der Waals surface area contributed by atoms with E-state index in [0.29, 0.717) is 36.7 Å². The van der Waals surface area contributed by atoms with Crippen LogP contribution < -0.4 is 10.5 Å².